The van der Waals surface area contributed by atoms with Crippen molar-refractivity contribution >= 4 is 23.4 Å². The minimum Gasteiger partial charge on any atom is -0.502 e. The summed E-state index contributed by atoms with van der Waals surface area (Å²) in [6, 6.07) is 7.68. The number of nitrogens with zero attached hydrogens (tertiary/aromatic N) is 2. The van der Waals surface area contributed by atoms with Crippen molar-refractivity contribution in [2.45, 2.75) is 26.8 Å². The van der Waals surface area contributed by atoms with Crippen molar-refractivity contribution in [1.29, 1.82) is 0 Å². The Morgan fingerprint density at radius 1 is 1.03 bits per heavy atom. The van der Waals surface area contributed by atoms with E-state index >= 15 is 0 Å². The van der Waals surface area contributed by atoms with E-state index in [9.17, 15) is 14.7 Å². The minimum atomic E-state index is -0.809. The molecule has 1 aromatic heterocycles. The summed E-state index contributed by atoms with van der Waals surface area (Å²) < 4.78 is 28.9. The molecule has 11 heteroatoms. The molecule has 1 atom stereocenters. The Morgan fingerprint density at radius 3 is 2.28 bits per heavy atom. The van der Waals surface area contributed by atoms with Gasteiger partial charge in [-0.15, -0.1) is 0 Å². The molecule has 1 aliphatic heterocycles. The third kappa shape index (κ3) is 5.22. The Balaban J connectivity index is 1.97. The van der Waals surface area contributed by atoms with Gasteiger partial charge in [0.25, 0.3) is 5.56 Å². The highest BCUT2D eigenvalue weighted by Gasteiger charge is 2.34. The molecule has 0 saturated carbocycles. The summed E-state index contributed by atoms with van der Waals surface area (Å²) >= 11 is 1.18. The van der Waals surface area contributed by atoms with E-state index in [-0.39, 0.29) is 35.0 Å². The molecule has 0 fully saturated rings. The number of phenolic OH excluding ortho intramolecular Hbond substituents is 1. The van der Waals surface area contributed by atoms with Crippen LogP contribution >= 0.6 is 11.3 Å². The zero-order valence-corrected chi connectivity index (χ0v) is 23.4. The van der Waals surface area contributed by atoms with Crippen LogP contribution in [0.15, 0.2) is 51.4 Å². The van der Waals surface area contributed by atoms with Crippen LogP contribution in [0.3, 0.4) is 0 Å². The maximum Gasteiger partial charge on any atom is 0.338 e. The highest BCUT2D eigenvalue weighted by Crippen LogP contribution is 2.38. The molecule has 2 aromatic carbocycles. The highest BCUT2D eigenvalue weighted by molar-refractivity contribution is 7.07. The summed E-state index contributed by atoms with van der Waals surface area (Å²) in [6.45, 7) is 5.88. The number of hydrogen-bond acceptors (Lipinski definition) is 10. The number of rotatable bonds is 9. The van der Waals surface area contributed by atoms with E-state index in [1.807, 2.05) is 6.92 Å². The predicted octanol–water partition coefficient (Wildman–Crippen LogP) is 2.93. The van der Waals surface area contributed by atoms with Crippen molar-refractivity contribution in [2.75, 3.05) is 34.5 Å². The molecular weight excluding hydrogens is 524 g/mol. The van der Waals surface area contributed by atoms with Gasteiger partial charge in [0.15, 0.2) is 27.8 Å². The molecule has 206 valence electrons. The van der Waals surface area contributed by atoms with Crippen LogP contribution < -0.4 is 33.8 Å². The third-order valence-electron chi connectivity index (χ3n) is 6.12. The quantitative estimate of drug-likeness (QED) is 0.401. The Labute approximate surface area is 229 Å². The number of aromatic hydroxyl groups is 1. The fraction of sp³-hybridized carbons (Fsp3) is 0.321. The highest BCUT2D eigenvalue weighted by atomic mass is 32.1. The SMILES string of the molecule is CCOC(=O)C1=C(C)N=c2s/c(=C/c3cc(OC)c(O)c(OC)c3)c(=O)n2[C@@H]1c1ccc(OC)c(OCC)c1. The molecule has 0 radical (unpaired) electrons. The van der Waals surface area contributed by atoms with Gasteiger partial charge in [-0.2, -0.15) is 0 Å². The van der Waals surface area contributed by atoms with Gasteiger partial charge in [-0.1, -0.05) is 17.4 Å². The van der Waals surface area contributed by atoms with E-state index in [4.69, 9.17) is 23.7 Å². The molecular formula is C28H30N2O8S. The van der Waals surface area contributed by atoms with E-state index in [1.165, 1.54) is 30.1 Å². The predicted molar refractivity (Wildman–Crippen MR) is 146 cm³/mol. The zero-order chi connectivity index (χ0) is 28.3. The second kappa shape index (κ2) is 11.6. The fourth-order valence-corrected chi connectivity index (χ4v) is 5.43. The van der Waals surface area contributed by atoms with Crippen LogP contribution in [0.4, 0.5) is 0 Å². The number of carbonyl (C=O) groups is 1. The summed E-state index contributed by atoms with van der Waals surface area (Å²) in [5.41, 5.74) is 1.58. The van der Waals surface area contributed by atoms with Crippen molar-refractivity contribution in [3.8, 4) is 28.7 Å². The van der Waals surface area contributed by atoms with Crippen LogP contribution in [-0.2, 0) is 9.53 Å². The fourth-order valence-electron chi connectivity index (χ4n) is 4.39. The number of aromatic nitrogens is 1. The molecule has 0 amide bonds. The van der Waals surface area contributed by atoms with Gasteiger partial charge in [-0.05, 0) is 62.2 Å². The van der Waals surface area contributed by atoms with Crippen molar-refractivity contribution in [3.05, 3.63) is 72.4 Å². The molecule has 10 nitrogen and oxygen atoms in total. The van der Waals surface area contributed by atoms with E-state index in [0.717, 1.165) is 0 Å². The van der Waals surface area contributed by atoms with Gasteiger partial charge in [0.05, 0.1) is 56.4 Å². The van der Waals surface area contributed by atoms with Crippen molar-refractivity contribution in [1.82, 2.24) is 4.57 Å². The molecule has 3 aromatic rings. The van der Waals surface area contributed by atoms with Gasteiger partial charge in [-0.25, -0.2) is 9.79 Å². The van der Waals surface area contributed by atoms with Gasteiger partial charge in [0, 0.05) is 0 Å². The number of carbonyl (C=O) groups excluding carboxylic acids is 1. The second-order valence-corrected chi connectivity index (χ2v) is 9.43. The van der Waals surface area contributed by atoms with Crippen LogP contribution in [0, 0.1) is 0 Å². The van der Waals surface area contributed by atoms with Gasteiger partial charge in [0.2, 0.25) is 5.75 Å². The van der Waals surface area contributed by atoms with Gasteiger partial charge in [0.1, 0.15) is 0 Å². The summed E-state index contributed by atoms with van der Waals surface area (Å²) in [4.78, 5) is 32.1. The van der Waals surface area contributed by atoms with Crippen molar-refractivity contribution < 1.29 is 33.6 Å². The van der Waals surface area contributed by atoms with Crippen molar-refractivity contribution in [3.63, 3.8) is 0 Å². The van der Waals surface area contributed by atoms with Crippen LogP contribution in [0.1, 0.15) is 37.9 Å². The summed E-state index contributed by atoms with van der Waals surface area (Å²) in [5.74, 6) is 0.724. The van der Waals surface area contributed by atoms with Crippen molar-refractivity contribution in [2.24, 2.45) is 4.99 Å². The number of hydrogen-bond donors (Lipinski definition) is 1. The normalized spacial score (nSPS) is 14.9. The molecule has 4 rings (SSSR count). The molecule has 0 aliphatic carbocycles. The zero-order valence-electron chi connectivity index (χ0n) is 22.6. The van der Waals surface area contributed by atoms with Crippen LogP contribution in [0.25, 0.3) is 6.08 Å². The lowest BCUT2D eigenvalue weighted by molar-refractivity contribution is -0.139. The van der Waals surface area contributed by atoms with E-state index < -0.39 is 12.0 Å². The number of fused-ring (bicyclic) bond motifs is 1. The van der Waals surface area contributed by atoms with Crippen LogP contribution in [0.2, 0.25) is 0 Å². The van der Waals surface area contributed by atoms with Crippen LogP contribution in [0.5, 0.6) is 28.7 Å². The molecule has 1 aliphatic rings. The maximum absolute atomic E-state index is 13.9. The topological polar surface area (TPSA) is 118 Å². The molecule has 0 saturated heterocycles. The van der Waals surface area contributed by atoms with Gasteiger partial charge < -0.3 is 28.8 Å². The Hall–Kier alpha value is -4.25. The Bertz CT molecular complexity index is 1590. The third-order valence-corrected chi connectivity index (χ3v) is 7.10. The lowest BCUT2D eigenvalue weighted by Gasteiger charge is -2.25. The Morgan fingerprint density at radius 2 is 1.69 bits per heavy atom. The lowest BCUT2D eigenvalue weighted by Crippen LogP contribution is -2.40. The molecule has 0 unspecified atom stereocenters. The maximum atomic E-state index is 13.9. The summed E-state index contributed by atoms with van der Waals surface area (Å²) in [5, 5.41) is 10.3. The number of phenols is 1. The number of thiazole rings is 1. The second-order valence-electron chi connectivity index (χ2n) is 8.42. The summed E-state index contributed by atoms with van der Waals surface area (Å²) in [6.07, 6.45) is 1.66. The molecule has 0 bridgehead atoms. The van der Waals surface area contributed by atoms with Crippen LogP contribution in [-0.4, -0.2) is 50.2 Å². The first-order chi connectivity index (χ1) is 18.8. The lowest BCUT2D eigenvalue weighted by atomic mass is 9.95. The number of benzene rings is 2. The van der Waals surface area contributed by atoms with E-state index in [2.05, 4.69) is 4.99 Å². The molecule has 2 heterocycles. The first-order valence-electron chi connectivity index (χ1n) is 12.2. The van der Waals surface area contributed by atoms with E-state index in [0.29, 0.717) is 44.3 Å². The monoisotopic (exact) mass is 554 g/mol. The number of allylic oxidation sites excluding steroid dienone is 1. The number of ether oxygens (including phenoxy) is 5. The standard InChI is InChI=1S/C28H30N2O8S/c1-7-37-19-14-17(9-10-18(19)34-4)24-23(27(33)38-8-2)15(3)29-28-30(24)26(32)22(39-28)13-16-11-20(35-5)25(31)21(12-16)36-6/h9-14,24,31H,7-8H2,1-6H3/b22-13+/t24-/m1/s1. The minimum absolute atomic E-state index is 0.141. The first-order valence-corrected chi connectivity index (χ1v) is 13.0. The molecule has 0 spiro atoms. The average molecular weight is 555 g/mol. The number of esters is 1. The first kappa shape index (κ1) is 27.8. The molecule has 1 N–H and O–H groups in total. The van der Waals surface area contributed by atoms with E-state index in [1.54, 1.807) is 57.4 Å². The largest absolute Gasteiger partial charge is 0.502 e. The smallest absolute Gasteiger partial charge is 0.338 e. The van der Waals surface area contributed by atoms with Gasteiger partial charge in [-0.3, -0.25) is 9.36 Å². The summed E-state index contributed by atoms with van der Waals surface area (Å²) in [7, 11) is 4.40. The Kier molecular flexibility index (Phi) is 8.29. The van der Waals surface area contributed by atoms with Gasteiger partial charge >= 0.3 is 5.97 Å². The average Bonchev–Trinajstić information content (AvgIpc) is 3.22. The molecule has 39 heavy (non-hydrogen) atoms. The number of methoxy groups -OCH3 is 3.